The number of hydrogen-bond acceptors (Lipinski definition) is 2. The van der Waals surface area contributed by atoms with Crippen LogP contribution in [-0.2, 0) is 9.59 Å². The fourth-order valence-electron chi connectivity index (χ4n) is 1.67. The molecule has 0 heterocycles. The molecule has 78 valence electrons. The molecule has 0 bridgehead atoms. The predicted molar refractivity (Wildman–Crippen MR) is 49.6 cm³/mol. The number of rotatable bonds is 3. The van der Waals surface area contributed by atoms with Crippen LogP contribution in [0.1, 0.15) is 33.1 Å². The van der Waals surface area contributed by atoms with Crippen LogP contribution in [0.4, 0.5) is 0 Å². The first kappa shape index (κ1) is 9.49. The highest BCUT2D eigenvalue weighted by molar-refractivity contribution is 6.05. The maximum absolute atomic E-state index is 11.6. The molecule has 0 aliphatic heterocycles. The molecule has 2 rings (SSSR count). The van der Waals surface area contributed by atoms with Gasteiger partial charge in [0.25, 0.3) is 0 Å². The van der Waals surface area contributed by atoms with E-state index in [1.165, 1.54) is 0 Å². The number of carbonyl (C=O) groups is 2. The first-order valence-electron chi connectivity index (χ1n) is 4.93. The summed E-state index contributed by atoms with van der Waals surface area (Å²) < 4.78 is 0. The van der Waals surface area contributed by atoms with Gasteiger partial charge < -0.3 is 10.4 Å². The van der Waals surface area contributed by atoms with Gasteiger partial charge in [-0.25, -0.2) is 0 Å². The lowest BCUT2D eigenvalue weighted by molar-refractivity contribution is -0.149. The molecule has 1 amide bonds. The van der Waals surface area contributed by atoms with Gasteiger partial charge in [0.05, 0.1) is 0 Å². The van der Waals surface area contributed by atoms with Crippen molar-refractivity contribution in [3.8, 4) is 0 Å². The van der Waals surface area contributed by atoms with Crippen LogP contribution < -0.4 is 5.32 Å². The van der Waals surface area contributed by atoms with Crippen LogP contribution in [0.2, 0.25) is 0 Å². The van der Waals surface area contributed by atoms with Gasteiger partial charge in [0.15, 0.2) is 0 Å². The summed E-state index contributed by atoms with van der Waals surface area (Å²) in [7, 11) is 0. The zero-order valence-electron chi connectivity index (χ0n) is 8.46. The fourth-order valence-corrected chi connectivity index (χ4v) is 1.67. The molecular weight excluding hydrogens is 182 g/mol. The van der Waals surface area contributed by atoms with Gasteiger partial charge in [-0.2, -0.15) is 0 Å². The van der Waals surface area contributed by atoms with Gasteiger partial charge in [-0.1, -0.05) is 13.8 Å². The second-order valence-corrected chi connectivity index (χ2v) is 5.11. The second kappa shape index (κ2) is 2.49. The van der Waals surface area contributed by atoms with E-state index in [-0.39, 0.29) is 17.4 Å². The van der Waals surface area contributed by atoms with E-state index in [9.17, 15) is 9.59 Å². The number of carboxylic acid groups (broad SMARTS) is 1. The van der Waals surface area contributed by atoms with E-state index in [2.05, 4.69) is 19.2 Å². The van der Waals surface area contributed by atoms with Gasteiger partial charge in [-0.3, -0.25) is 9.59 Å². The molecule has 4 heteroatoms. The number of aliphatic carboxylic acids is 1. The van der Waals surface area contributed by atoms with Crippen LogP contribution >= 0.6 is 0 Å². The zero-order valence-corrected chi connectivity index (χ0v) is 8.46. The van der Waals surface area contributed by atoms with Crippen LogP contribution in [0.25, 0.3) is 0 Å². The molecule has 0 radical (unpaired) electrons. The van der Waals surface area contributed by atoms with E-state index in [0.29, 0.717) is 12.8 Å². The monoisotopic (exact) mass is 197 g/mol. The van der Waals surface area contributed by atoms with Crippen LogP contribution in [0.3, 0.4) is 0 Å². The SMILES string of the molecule is CC1(C)CC1NC(=O)C1(C(=O)O)CC1. The van der Waals surface area contributed by atoms with Gasteiger partial charge in [-0.05, 0) is 24.7 Å². The van der Waals surface area contributed by atoms with Gasteiger partial charge >= 0.3 is 5.97 Å². The molecule has 2 saturated carbocycles. The summed E-state index contributed by atoms with van der Waals surface area (Å²) in [6, 6.07) is 0.173. The lowest BCUT2D eigenvalue weighted by Crippen LogP contribution is -2.39. The van der Waals surface area contributed by atoms with E-state index >= 15 is 0 Å². The Kier molecular flexibility index (Phi) is 1.69. The molecule has 14 heavy (non-hydrogen) atoms. The molecule has 0 aromatic rings. The van der Waals surface area contributed by atoms with Gasteiger partial charge in [0.2, 0.25) is 5.91 Å². The normalized spacial score (nSPS) is 30.6. The maximum Gasteiger partial charge on any atom is 0.319 e. The number of hydrogen-bond donors (Lipinski definition) is 2. The van der Waals surface area contributed by atoms with Gasteiger partial charge in [0, 0.05) is 6.04 Å². The molecular formula is C10H15NO3. The molecule has 0 aromatic carbocycles. The van der Waals surface area contributed by atoms with E-state index in [0.717, 1.165) is 6.42 Å². The predicted octanol–water partition coefficient (Wildman–Crippen LogP) is 0.766. The molecule has 1 atom stereocenters. The lowest BCUT2D eigenvalue weighted by Gasteiger charge is -2.11. The largest absolute Gasteiger partial charge is 0.480 e. The molecule has 0 aromatic heterocycles. The van der Waals surface area contributed by atoms with Crippen molar-refractivity contribution in [2.45, 2.75) is 39.2 Å². The van der Waals surface area contributed by atoms with Crippen molar-refractivity contribution in [3.63, 3.8) is 0 Å². The smallest absolute Gasteiger partial charge is 0.319 e. The summed E-state index contributed by atoms with van der Waals surface area (Å²) in [5.74, 6) is -1.27. The Hall–Kier alpha value is -1.06. The molecule has 2 aliphatic rings. The number of carboxylic acids is 1. The molecule has 2 aliphatic carbocycles. The highest BCUT2D eigenvalue weighted by Crippen LogP contribution is 2.49. The average Bonchev–Trinajstić information content (AvgIpc) is 2.88. The van der Waals surface area contributed by atoms with Crippen molar-refractivity contribution in [2.75, 3.05) is 0 Å². The molecule has 2 N–H and O–H groups in total. The number of carbonyl (C=O) groups excluding carboxylic acids is 1. The minimum atomic E-state index is -1.08. The summed E-state index contributed by atoms with van der Waals surface area (Å²) in [5, 5.41) is 11.7. The Balaban J connectivity index is 1.94. The Morgan fingerprint density at radius 3 is 2.14 bits per heavy atom. The lowest BCUT2D eigenvalue weighted by atomic mass is 10.1. The topological polar surface area (TPSA) is 66.4 Å². The summed E-state index contributed by atoms with van der Waals surface area (Å²) in [5.41, 5.74) is -0.928. The first-order valence-corrected chi connectivity index (χ1v) is 4.93. The molecule has 0 spiro atoms. The van der Waals surface area contributed by atoms with Crippen molar-refractivity contribution in [3.05, 3.63) is 0 Å². The van der Waals surface area contributed by atoms with Crippen LogP contribution in [0.5, 0.6) is 0 Å². The zero-order chi connectivity index (χ0) is 10.6. The minimum absolute atomic E-state index is 0.157. The molecule has 4 nitrogen and oxygen atoms in total. The van der Waals surface area contributed by atoms with E-state index < -0.39 is 11.4 Å². The minimum Gasteiger partial charge on any atom is -0.480 e. The molecule has 2 fully saturated rings. The van der Waals surface area contributed by atoms with E-state index in [4.69, 9.17) is 5.11 Å². The second-order valence-electron chi connectivity index (χ2n) is 5.11. The van der Waals surface area contributed by atoms with Crippen LogP contribution in [0.15, 0.2) is 0 Å². The third-order valence-electron chi connectivity index (χ3n) is 3.41. The third-order valence-corrected chi connectivity index (χ3v) is 3.41. The summed E-state index contributed by atoms with van der Waals surface area (Å²) in [6.45, 7) is 4.14. The Morgan fingerprint density at radius 2 is 1.86 bits per heavy atom. The maximum atomic E-state index is 11.6. The number of amides is 1. The summed E-state index contributed by atoms with van der Waals surface area (Å²) >= 11 is 0. The van der Waals surface area contributed by atoms with Crippen molar-refractivity contribution in [2.24, 2.45) is 10.8 Å². The summed E-state index contributed by atoms with van der Waals surface area (Å²) in [6.07, 6.45) is 1.93. The van der Waals surface area contributed by atoms with E-state index in [1.807, 2.05) is 0 Å². The van der Waals surface area contributed by atoms with Crippen molar-refractivity contribution in [1.82, 2.24) is 5.32 Å². The first-order chi connectivity index (χ1) is 6.38. The van der Waals surface area contributed by atoms with E-state index in [1.54, 1.807) is 0 Å². The van der Waals surface area contributed by atoms with Crippen molar-refractivity contribution >= 4 is 11.9 Å². The molecule has 0 saturated heterocycles. The Morgan fingerprint density at radius 1 is 1.36 bits per heavy atom. The van der Waals surface area contributed by atoms with Gasteiger partial charge in [-0.15, -0.1) is 0 Å². The summed E-state index contributed by atoms with van der Waals surface area (Å²) in [4.78, 5) is 22.4. The standard InChI is InChI=1S/C10H15NO3/c1-9(2)5-6(9)11-7(12)10(3-4-10)8(13)14/h6H,3-5H2,1-2H3,(H,11,12)(H,13,14). The average molecular weight is 197 g/mol. The van der Waals surface area contributed by atoms with Crippen molar-refractivity contribution < 1.29 is 14.7 Å². The van der Waals surface area contributed by atoms with Crippen LogP contribution in [-0.4, -0.2) is 23.0 Å². The third kappa shape index (κ3) is 1.29. The fraction of sp³-hybridized carbons (Fsp3) is 0.800. The highest BCUT2D eigenvalue weighted by atomic mass is 16.4. The van der Waals surface area contributed by atoms with Crippen molar-refractivity contribution in [1.29, 1.82) is 0 Å². The number of nitrogens with one attached hydrogen (secondary N) is 1. The Labute approximate surface area is 82.7 Å². The Bertz CT molecular complexity index is 304. The quantitative estimate of drug-likeness (QED) is 0.656. The van der Waals surface area contributed by atoms with Gasteiger partial charge in [0.1, 0.15) is 5.41 Å². The van der Waals surface area contributed by atoms with Crippen LogP contribution in [0, 0.1) is 10.8 Å². The highest BCUT2D eigenvalue weighted by Gasteiger charge is 2.59. The molecule has 1 unspecified atom stereocenters.